The summed E-state index contributed by atoms with van der Waals surface area (Å²) in [5, 5.41) is 10.4. The van der Waals surface area contributed by atoms with Gasteiger partial charge >= 0.3 is 0 Å². The fraction of sp³-hybridized carbons (Fsp3) is 0.571. The molecule has 0 spiro atoms. The Hall–Kier alpha value is -1.22. The summed E-state index contributed by atoms with van der Waals surface area (Å²) in [7, 11) is 0. The van der Waals surface area contributed by atoms with Crippen molar-refractivity contribution in [3.8, 4) is 11.5 Å². The number of ether oxygens (including phenoxy) is 2. The zero-order chi connectivity index (χ0) is 12.5. The van der Waals surface area contributed by atoms with Crippen LogP contribution in [-0.2, 0) is 5.60 Å². The van der Waals surface area contributed by atoms with Crippen LogP contribution in [0.5, 0.6) is 11.5 Å². The lowest BCUT2D eigenvalue weighted by Crippen LogP contribution is -2.27. The lowest BCUT2D eigenvalue weighted by molar-refractivity contribution is 0.00881. The molecule has 1 aromatic rings. The highest BCUT2D eigenvalue weighted by Gasteiger charge is 2.28. The van der Waals surface area contributed by atoms with Gasteiger partial charge in [-0.25, -0.2) is 0 Å². The Morgan fingerprint density at radius 1 is 1.18 bits per heavy atom. The lowest BCUT2D eigenvalue weighted by Gasteiger charge is -2.28. The molecule has 0 aliphatic carbocycles. The van der Waals surface area contributed by atoms with Crippen molar-refractivity contribution in [3.63, 3.8) is 0 Å². The van der Waals surface area contributed by atoms with Crippen LogP contribution in [0.4, 0.5) is 0 Å². The van der Waals surface area contributed by atoms with E-state index in [0.29, 0.717) is 13.2 Å². The molecule has 1 unspecified atom stereocenters. The molecule has 3 heteroatoms. The Labute approximate surface area is 102 Å². The third kappa shape index (κ3) is 2.39. The first-order valence-electron chi connectivity index (χ1n) is 6.14. The van der Waals surface area contributed by atoms with Crippen molar-refractivity contribution in [2.45, 2.75) is 32.8 Å². The number of rotatable bonds is 2. The second kappa shape index (κ2) is 4.57. The van der Waals surface area contributed by atoms with Crippen molar-refractivity contribution in [1.29, 1.82) is 0 Å². The van der Waals surface area contributed by atoms with E-state index in [0.717, 1.165) is 23.5 Å². The fourth-order valence-electron chi connectivity index (χ4n) is 1.81. The molecule has 94 valence electrons. The molecule has 0 radical (unpaired) electrons. The predicted molar refractivity (Wildman–Crippen MR) is 66.5 cm³/mol. The zero-order valence-corrected chi connectivity index (χ0v) is 10.7. The molecule has 1 N–H and O–H groups in total. The van der Waals surface area contributed by atoms with Gasteiger partial charge in [-0.3, -0.25) is 0 Å². The monoisotopic (exact) mass is 236 g/mol. The van der Waals surface area contributed by atoms with Gasteiger partial charge in [0, 0.05) is 6.42 Å². The van der Waals surface area contributed by atoms with Crippen LogP contribution in [0.25, 0.3) is 0 Å². The standard InChI is InChI=1S/C14H20O3/c1-10(2)14(3,15)11-5-6-12-13(9-11)17-8-4-7-16-12/h5-6,9-10,15H,4,7-8H2,1-3H3. The van der Waals surface area contributed by atoms with E-state index in [-0.39, 0.29) is 5.92 Å². The number of hydrogen-bond acceptors (Lipinski definition) is 3. The van der Waals surface area contributed by atoms with Gasteiger partial charge in [-0.1, -0.05) is 19.9 Å². The van der Waals surface area contributed by atoms with Crippen LogP contribution in [0.15, 0.2) is 18.2 Å². The van der Waals surface area contributed by atoms with Gasteiger partial charge in [0.25, 0.3) is 0 Å². The van der Waals surface area contributed by atoms with Crippen molar-refractivity contribution in [1.82, 2.24) is 0 Å². The van der Waals surface area contributed by atoms with Crippen molar-refractivity contribution in [3.05, 3.63) is 23.8 Å². The van der Waals surface area contributed by atoms with E-state index in [4.69, 9.17) is 9.47 Å². The average molecular weight is 236 g/mol. The quantitative estimate of drug-likeness (QED) is 0.858. The molecule has 1 aliphatic rings. The number of hydrogen-bond donors (Lipinski definition) is 1. The first-order chi connectivity index (χ1) is 8.01. The zero-order valence-electron chi connectivity index (χ0n) is 10.7. The van der Waals surface area contributed by atoms with E-state index in [1.54, 1.807) is 0 Å². The summed E-state index contributed by atoms with van der Waals surface area (Å²) in [6.07, 6.45) is 0.893. The maximum Gasteiger partial charge on any atom is 0.161 e. The normalized spacial score (nSPS) is 18.6. The van der Waals surface area contributed by atoms with Crippen LogP contribution in [0.3, 0.4) is 0 Å². The van der Waals surface area contributed by atoms with Crippen molar-refractivity contribution in [2.24, 2.45) is 5.92 Å². The van der Waals surface area contributed by atoms with Crippen molar-refractivity contribution >= 4 is 0 Å². The van der Waals surface area contributed by atoms with Crippen LogP contribution in [0, 0.1) is 5.92 Å². The molecule has 0 saturated carbocycles. The van der Waals surface area contributed by atoms with E-state index in [9.17, 15) is 5.11 Å². The van der Waals surface area contributed by atoms with E-state index < -0.39 is 5.60 Å². The summed E-state index contributed by atoms with van der Waals surface area (Å²) in [5.41, 5.74) is 0.0294. The summed E-state index contributed by atoms with van der Waals surface area (Å²) < 4.78 is 11.2. The average Bonchev–Trinajstić information content (AvgIpc) is 2.52. The van der Waals surface area contributed by atoms with Crippen molar-refractivity contribution in [2.75, 3.05) is 13.2 Å². The highest BCUT2D eigenvalue weighted by molar-refractivity contribution is 5.45. The van der Waals surface area contributed by atoms with E-state index in [1.807, 2.05) is 39.0 Å². The summed E-state index contributed by atoms with van der Waals surface area (Å²) in [6, 6.07) is 5.68. The molecule has 0 fully saturated rings. The van der Waals surface area contributed by atoms with Crippen molar-refractivity contribution < 1.29 is 14.6 Å². The molecule has 1 aromatic carbocycles. The Morgan fingerprint density at radius 2 is 1.82 bits per heavy atom. The summed E-state index contributed by atoms with van der Waals surface area (Å²) >= 11 is 0. The highest BCUT2D eigenvalue weighted by Crippen LogP contribution is 2.36. The van der Waals surface area contributed by atoms with Crippen LogP contribution >= 0.6 is 0 Å². The van der Waals surface area contributed by atoms with E-state index in [1.165, 1.54) is 0 Å². The maximum absolute atomic E-state index is 10.4. The number of fused-ring (bicyclic) bond motifs is 1. The Balaban J connectivity index is 2.35. The Kier molecular flexibility index (Phi) is 3.29. The van der Waals surface area contributed by atoms with E-state index >= 15 is 0 Å². The molecule has 3 nitrogen and oxygen atoms in total. The van der Waals surface area contributed by atoms with E-state index in [2.05, 4.69) is 0 Å². The van der Waals surface area contributed by atoms with Gasteiger partial charge in [-0.2, -0.15) is 0 Å². The van der Waals surface area contributed by atoms with Gasteiger partial charge < -0.3 is 14.6 Å². The third-order valence-electron chi connectivity index (χ3n) is 3.46. The molecular formula is C14H20O3. The minimum atomic E-state index is -0.843. The van der Waals surface area contributed by atoms with Crippen LogP contribution in [-0.4, -0.2) is 18.3 Å². The second-order valence-electron chi connectivity index (χ2n) is 5.01. The molecule has 0 bridgehead atoms. The molecule has 17 heavy (non-hydrogen) atoms. The molecule has 1 aliphatic heterocycles. The van der Waals surface area contributed by atoms with Gasteiger partial charge in [0.2, 0.25) is 0 Å². The molecule has 0 amide bonds. The molecule has 1 heterocycles. The Bertz CT molecular complexity index is 396. The topological polar surface area (TPSA) is 38.7 Å². The van der Waals surface area contributed by atoms with Crippen LogP contribution in [0.2, 0.25) is 0 Å². The van der Waals surface area contributed by atoms with Crippen LogP contribution < -0.4 is 9.47 Å². The minimum absolute atomic E-state index is 0.146. The predicted octanol–water partition coefficient (Wildman–Crippen LogP) is 2.71. The Morgan fingerprint density at radius 3 is 2.47 bits per heavy atom. The minimum Gasteiger partial charge on any atom is -0.490 e. The fourth-order valence-corrected chi connectivity index (χ4v) is 1.81. The summed E-state index contributed by atoms with van der Waals surface area (Å²) in [4.78, 5) is 0. The lowest BCUT2D eigenvalue weighted by atomic mass is 9.85. The summed E-state index contributed by atoms with van der Waals surface area (Å²) in [6.45, 7) is 7.19. The van der Waals surface area contributed by atoms with Gasteiger partial charge in [0.15, 0.2) is 11.5 Å². The smallest absolute Gasteiger partial charge is 0.161 e. The second-order valence-corrected chi connectivity index (χ2v) is 5.01. The highest BCUT2D eigenvalue weighted by atomic mass is 16.5. The third-order valence-corrected chi connectivity index (χ3v) is 3.46. The first-order valence-corrected chi connectivity index (χ1v) is 6.14. The van der Waals surface area contributed by atoms with Gasteiger partial charge in [-0.05, 0) is 30.5 Å². The largest absolute Gasteiger partial charge is 0.490 e. The summed E-state index contributed by atoms with van der Waals surface area (Å²) in [5.74, 6) is 1.65. The molecule has 0 aromatic heterocycles. The van der Waals surface area contributed by atoms with Gasteiger partial charge in [0.05, 0.1) is 18.8 Å². The first kappa shape index (κ1) is 12.2. The van der Waals surface area contributed by atoms with Gasteiger partial charge in [-0.15, -0.1) is 0 Å². The maximum atomic E-state index is 10.4. The molecule has 1 atom stereocenters. The van der Waals surface area contributed by atoms with Crippen LogP contribution in [0.1, 0.15) is 32.8 Å². The molecule has 2 rings (SSSR count). The molecule has 0 saturated heterocycles. The SMILES string of the molecule is CC(C)C(C)(O)c1ccc2c(c1)OCCCO2. The number of benzene rings is 1. The van der Waals surface area contributed by atoms with Gasteiger partial charge in [0.1, 0.15) is 0 Å². The molecular weight excluding hydrogens is 216 g/mol. The number of aliphatic hydroxyl groups is 1.